The summed E-state index contributed by atoms with van der Waals surface area (Å²) in [6, 6.07) is 0. The number of fused-ring (bicyclic) bond motifs is 1. The Kier molecular flexibility index (Phi) is 2.97. The molecule has 0 heterocycles. The first-order chi connectivity index (χ1) is 8.83. The molecule has 4 atom stereocenters. The fraction of sp³-hybridized carbons (Fsp3) is 1.00. The van der Waals surface area contributed by atoms with E-state index in [0.717, 1.165) is 17.8 Å². The second kappa shape index (κ2) is 4.53. The van der Waals surface area contributed by atoms with Crippen LogP contribution in [0, 0.1) is 41.4 Å². The van der Waals surface area contributed by atoms with Gasteiger partial charge in [0.2, 0.25) is 0 Å². The van der Waals surface area contributed by atoms with Gasteiger partial charge >= 0.3 is 0 Å². The first kappa shape index (κ1) is 11.8. The molecule has 0 aromatic heterocycles. The van der Waals surface area contributed by atoms with E-state index in [1.165, 1.54) is 36.5 Å². The van der Waals surface area contributed by atoms with Crippen molar-refractivity contribution in [3.8, 4) is 0 Å². The highest BCUT2D eigenvalue weighted by Gasteiger charge is 2.59. The molecule has 0 amide bonds. The Morgan fingerprint density at radius 1 is 0.611 bits per heavy atom. The minimum Gasteiger partial charge on any atom is -0.0625 e. The van der Waals surface area contributed by atoms with Crippen molar-refractivity contribution in [2.75, 3.05) is 0 Å². The second-order valence-corrected chi connectivity index (χ2v) is 8.20. The predicted molar refractivity (Wildman–Crippen MR) is 76.3 cm³/mol. The van der Waals surface area contributed by atoms with Crippen LogP contribution in [0.25, 0.3) is 0 Å². The van der Waals surface area contributed by atoms with Crippen molar-refractivity contribution < 1.29 is 0 Å². The van der Waals surface area contributed by atoms with Crippen molar-refractivity contribution in [2.45, 2.75) is 71.1 Å². The van der Waals surface area contributed by atoms with Gasteiger partial charge in [0.25, 0.3) is 0 Å². The first-order valence-corrected chi connectivity index (χ1v) is 8.83. The zero-order valence-electron chi connectivity index (χ0n) is 12.1. The Hall–Kier alpha value is 0. The molecule has 0 bridgehead atoms. The maximum Gasteiger partial charge on any atom is -0.0323 e. The summed E-state index contributed by atoms with van der Waals surface area (Å²) >= 11 is 0. The Morgan fingerprint density at radius 3 is 1.83 bits per heavy atom. The average Bonchev–Trinajstić information content (AvgIpc) is 2.83. The van der Waals surface area contributed by atoms with E-state index in [4.69, 9.17) is 0 Å². The molecule has 4 rings (SSSR count). The number of hydrogen-bond donors (Lipinski definition) is 0. The third-order valence-corrected chi connectivity index (χ3v) is 7.22. The van der Waals surface area contributed by atoms with Crippen molar-refractivity contribution in [3.63, 3.8) is 0 Å². The fourth-order valence-corrected chi connectivity index (χ4v) is 6.12. The van der Waals surface area contributed by atoms with Gasteiger partial charge < -0.3 is 0 Å². The average molecular weight is 246 g/mol. The normalized spacial score (nSPS) is 52.5. The van der Waals surface area contributed by atoms with Gasteiger partial charge in [-0.1, -0.05) is 45.4 Å². The molecular formula is C18H30. The monoisotopic (exact) mass is 246 g/mol. The van der Waals surface area contributed by atoms with Crippen LogP contribution in [0.5, 0.6) is 0 Å². The van der Waals surface area contributed by atoms with E-state index in [2.05, 4.69) is 6.92 Å². The van der Waals surface area contributed by atoms with Gasteiger partial charge in [-0.05, 0) is 67.1 Å². The molecule has 4 saturated carbocycles. The molecule has 4 aliphatic carbocycles. The van der Waals surface area contributed by atoms with Crippen LogP contribution >= 0.6 is 0 Å². The van der Waals surface area contributed by atoms with E-state index in [-0.39, 0.29) is 0 Å². The van der Waals surface area contributed by atoms with E-state index in [9.17, 15) is 0 Å². The molecule has 0 heteroatoms. The van der Waals surface area contributed by atoms with E-state index in [0.29, 0.717) is 0 Å². The van der Waals surface area contributed by atoms with Crippen LogP contribution in [0.1, 0.15) is 71.1 Å². The largest absolute Gasteiger partial charge is 0.0625 e. The van der Waals surface area contributed by atoms with Gasteiger partial charge in [-0.3, -0.25) is 0 Å². The molecule has 0 N–H and O–H groups in total. The summed E-state index contributed by atoms with van der Waals surface area (Å²) in [4.78, 5) is 0. The van der Waals surface area contributed by atoms with Gasteiger partial charge in [-0.25, -0.2) is 0 Å². The molecule has 0 spiro atoms. The lowest BCUT2D eigenvalue weighted by molar-refractivity contribution is 0.191. The first-order valence-electron chi connectivity index (χ1n) is 8.83. The van der Waals surface area contributed by atoms with Crippen molar-refractivity contribution in [1.82, 2.24) is 0 Å². The van der Waals surface area contributed by atoms with Crippen molar-refractivity contribution in [1.29, 1.82) is 0 Å². The summed E-state index contributed by atoms with van der Waals surface area (Å²) in [6.07, 6.45) is 15.8. The molecule has 0 radical (unpaired) electrons. The Morgan fingerprint density at radius 2 is 1.22 bits per heavy atom. The van der Waals surface area contributed by atoms with Gasteiger partial charge in [-0.2, -0.15) is 0 Å². The fourth-order valence-electron chi connectivity index (χ4n) is 6.12. The molecule has 0 saturated heterocycles. The maximum atomic E-state index is 2.46. The summed E-state index contributed by atoms with van der Waals surface area (Å²) in [5, 5.41) is 0. The third-order valence-electron chi connectivity index (χ3n) is 7.22. The third kappa shape index (κ3) is 1.95. The van der Waals surface area contributed by atoms with E-state index in [1.807, 2.05) is 0 Å². The van der Waals surface area contributed by atoms with E-state index < -0.39 is 0 Å². The van der Waals surface area contributed by atoms with Crippen LogP contribution in [0.15, 0.2) is 0 Å². The quantitative estimate of drug-likeness (QED) is 0.622. The van der Waals surface area contributed by atoms with Crippen LogP contribution < -0.4 is 0 Å². The zero-order chi connectivity index (χ0) is 12.1. The summed E-state index contributed by atoms with van der Waals surface area (Å²) < 4.78 is 0. The Labute approximate surface area is 113 Å². The summed E-state index contributed by atoms with van der Waals surface area (Å²) in [5.74, 6) is 8.13. The Balaban J connectivity index is 1.29. The minimum atomic E-state index is 1.03. The number of rotatable bonds is 2. The Bertz CT molecular complexity index is 281. The lowest BCUT2D eigenvalue weighted by Gasteiger charge is -2.32. The molecule has 4 aliphatic rings. The predicted octanol–water partition coefficient (Wildman–Crippen LogP) is 5.28. The lowest BCUT2D eigenvalue weighted by Crippen LogP contribution is -2.21. The van der Waals surface area contributed by atoms with Crippen LogP contribution in [-0.2, 0) is 0 Å². The standard InChI is InChI=1S/C18H30/c1-12-6-8-13(9-7-12)15-10-16-17(11-15)18(16)14-4-2-3-5-14/h12-18H,2-11H2,1H3/t12?,13?,15?,16-,17?,18?/m0/s1. The molecule has 3 unspecified atom stereocenters. The second-order valence-electron chi connectivity index (χ2n) is 8.20. The SMILES string of the molecule is CC1CCC(C2CC3C(C4CCCC4)[C@H]3C2)CC1. The van der Waals surface area contributed by atoms with Crippen molar-refractivity contribution >= 4 is 0 Å². The van der Waals surface area contributed by atoms with E-state index >= 15 is 0 Å². The highest BCUT2D eigenvalue weighted by molar-refractivity contribution is 5.07. The van der Waals surface area contributed by atoms with Crippen molar-refractivity contribution in [3.05, 3.63) is 0 Å². The summed E-state index contributed by atoms with van der Waals surface area (Å²) in [6.45, 7) is 2.46. The van der Waals surface area contributed by atoms with Gasteiger partial charge in [0.15, 0.2) is 0 Å². The molecular weight excluding hydrogens is 216 g/mol. The molecule has 0 aromatic rings. The lowest BCUT2D eigenvalue weighted by atomic mass is 9.74. The van der Waals surface area contributed by atoms with Gasteiger partial charge in [0.1, 0.15) is 0 Å². The topological polar surface area (TPSA) is 0 Å². The molecule has 18 heavy (non-hydrogen) atoms. The van der Waals surface area contributed by atoms with Gasteiger partial charge in [0, 0.05) is 0 Å². The molecule has 0 nitrogen and oxygen atoms in total. The molecule has 0 aliphatic heterocycles. The highest BCUT2D eigenvalue weighted by Crippen LogP contribution is 2.66. The van der Waals surface area contributed by atoms with Crippen LogP contribution in [0.3, 0.4) is 0 Å². The smallest absolute Gasteiger partial charge is 0.0323 e. The van der Waals surface area contributed by atoms with Crippen LogP contribution in [0.4, 0.5) is 0 Å². The number of hydrogen-bond acceptors (Lipinski definition) is 0. The van der Waals surface area contributed by atoms with Gasteiger partial charge in [-0.15, -0.1) is 0 Å². The van der Waals surface area contributed by atoms with Gasteiger partial charge in [0.05, 0.1) is 0 Å². The summed E-state index contributed by atoms with van der Waals surface area (Å²) in [7, 11) is 0. The van der Waals surface area contributed by atoms with E-state index in [1.54, 1.807) is 51.4 Å². The maximum absolute atomic E-state index is 2.46. The molecule has 0 aromatic carbocycles. The zero-order valence-corrected chi connectivity index (χ0v) is 12.1. The highest BCUT2D eigenvalue weighted by atomic mass is 14.6. The minimum absolute atomic E-state index is 1.03. The van der Waals surface area contributed by atoms with Crippen molar-refractivity contribution in [2.24, 2.45) is 41.4 Å². The van der Waals surface area contributed by atoms with Crippen LogP contribution in [0.2, 0.25) is 0 Å². The molecule has 102 valence electrons. The molecule has 4 fully saturated rings. The summed E-state index contributed by atoms with van der Waals surface area (Å²) in [5.41, 5.74) is 0. The van der Waals surface area contributed by atoms with Crippen LogP contribution in [-0.4, -0.2) is 0 Å².